The number of hydrogen-bond donors (Lipinski definition) is 1. The van der Waals surface area contributed by atoms with Crippen molar-refractivity contribution in [2.45, 2.75) is 13.8 Å². The number of benzene rings is 1. The molecule has 0 fully saturated rings. The van der Waals surface area contributed by atoms with Crippen LogP contribution in [-0.4, -0.2) is 12.5 Å². The average molecular weight is 189 g/mol. The fourth-order valence-corrected chi connectivity index (χ4v) is 1.17. The summed E-state index contributed by atoms with van der Waals surface area (Å²) in [7, 11) is 0. The molecule has 0 unspecified atom stereocenters. The maximum atomic E-state index is 10.6. The summed E-state index contributed by atoms with van der Waals surface area (Å²) in [4.78, 5) is 10.6. The van der Waals surface area contributed by atoms with Crippen molar-refractivity contribution in [3.05, 3.63) is 42.0 Å². The smallest absolute Gasteiger partial charge is 0.217 e. The highest BCUT2D eigenvalue weighted by atomic mass is 16.1. The van der Waals surface area contributed by atoms with Crippen molar-refractivity contribution in [1.82, 2.24) is 5.32 Å². The molecule has 74 valence electrons. The zero-order valence-electron chi connectivity index (χ0n) is 8.58. The fraction of sp³-hybridized carbons (Fsp3) is 0.250. The predicted molar refractivity (Wildman–Crippen MR) is 58.8 cm³/mol. The largest absolute Gasteiger partial charge is 0.353 e. The third-order valence-corrected chi connectivity index (χ3v) is 1.99. The van der Waals surface area contributed by atoms with Gasteiger partial charge in [-0.25, -0.2) is 0 Å². The van der Waals surface area contributed by atoms with Crippen LogP contribution in [0.3, 0.4) is 0 Å². The number of carbonyl (C=O) groups is 1. The van der Waals surface area contributed by atoms with Crippen LogP contribution in [0.1, 0.15) is 19.4 Å². The van der Waals surface area contributed by atoms with Gasteiger partial charge in [0.15, 0.2) is 0 Å². The van der Waals surface area contributed by atoms with Gasteiger partial charge in [0.1, 0.15) is 0 Å². The molecule has 0 heterocycles. The Balaban J connectivity index is 2.57. The maximum Gasteiger partial charge on any atom is 0.217 e. The monoisotopic (exact) mass is 189 g/mol. The molecular formula is C12H15NO. The number of allylic oxidation sites excluding steroid dienone is 1. The molecule has 0 aromatic heterocycles. The van der Waals surface area contributed by atoms with Crippen molar-refractivity contribution < 1.29 is 4.79 Å². The van der Waals surface area contributed by atoms with Gasteiger partial charge in [-0.2, -0.15) is 0 Å². The van der Waals surface area contributed by atoms with Gasteiger partial charge in [-0.1, -0.05) is 36.4 Å². The summed E-state index contributed by atoms with van der Waals surface area (Å²) in [5.41, 5.74) is 2.37. The number of rotatable bonds is 3. The average Bonchev–Trinajstić information content (AvgIpc) is 2.18. The lowest BCUT2D eigenvalue weighted by Gasteiger charge is -2.01. The number of carbonyl (C=O) groups excluding carboxylic acids is 1. The van der Waals surface area contributed by atoms with E-state index in [-0.39, 0.29) is 5.91 Å². The van der Waals surface area contributed by atoms with E-state index in [1.54, 1.807) is 0 Å². The van der Waals surface area contributed by atoms with E-state index in [0.717, 1.165) is 0 Å². The fourth-order valence-electron chi connectivity index (χ4n) is 1.17. The van der Waals surface area contributed by atoms with Crippen molar-refractivity contribution in [1.29, 1.82) is 0 Å². The summed E-state index contributed by atoms with van der Waals surface area (Å²) in [6, 6.07) is 10.1. The SMILES string of the molecule is CC(=O)NC/C=C(/C)c1ccccc1. The minimum Gasteiger partial charge on any atom is -0.353 e. The predicted octanol–water partition coefficient (Wildman–Crippen LogP) is 2.23. The molecule has 2 nitrogen and oxygen atoms in total. The van der Waals surface area contributed by atoms with Crippen LogP contribution >= 0.6 is 0 Å². The summed E-state index contributed by atoms with van der Waals surface area (Å²) in [5, 5.41) is 2.73. The zero-order chi connectivity index (χ0) is 10.4. The molecule has 0 aliphatic rings. The van der Waals surface area contributed by atoms with Crippen LogP contribution in [0.15, 0.2) is 36.4 Å². The van der Waals surface area contributed by atoms with E-state index in [1.165, 1.54) is 18.1 Å². The quantitative estimate of drug-likeness (QED) is 0.776. The second-order valence-electron chi connectivity index (χ2n) is 3.19. The normalized spacial score (nSPS) is 11.1. The van der Waals surface area contributed by atoms with Crippen molar-refractivity contribution in [3.63, 3.8) is 0 Å². The lowest BCUT2D eigenvalue weighted by Crippen LogP contribution is -2.19. The molecule has 0 saturated carbocycles. The Morgan fingerprint density at radius 3 is 2.50 bits per heavy atom. The summed E-state index contributed by atoms with van der Waals surface area (Å²) in [5.74, 6) is 0.00196. The van der Waals surface area contributed by atoms with Crippen LogP contribution in [0.5, 0.6) is 0 Å². The van der Waals surface area contributed by atoms with Crippen molar-refractivity contribution in [3.8, 4) is 0 Å². The first kappa shape index (κ1) is 10.5. The van der Waals surface area contributed by atoms with Gasteiger partial charge in [0, 0.05) is 13.5 Å². The first-order valence-electron chi connectivity index (χ1n) is 4.67. The van der Waals surface area contributed by atoms with Gasteiger partial charge in [-0.15, -0.1) is 0 Å². The van der Waals surface area contributed by atoms with E-state index in [4.69, 9.17) is 0 Å². The molecule has 1 aromatic rings. The minimum atomic E-state index is 0.00196. The van der Waals surface area contributed by atoms with Crippen LogP contribution in [0.4, 0.5) is 0 Å². The Kier molecular flexibility index (Phi) is 3.92. The van der Waals surface area contributed by atoms with Crippen LogP contribution < -0.4 is 5.32 Å². The van der Waals surface area contributed by atoms with Gasteiger partial charge in [-0.3, -0.25) is 4.79 Å². The van der Waals surface area contributed by atoms with Crippen LogP contribution in [0.25, 0.3) is 5.57 Å². The molecule has 1 amide bonds. The van der Waals surface area contributed by atoms with Crippen LogP contribution in [0, 0.1) is 0 Å². The summed E-state index contributed by atoms with van der Waals surface area (Å²) in [6.45, 7) is 4.15. The van der Waals surface area contributed by atoms with E-state index in [0.29, 0.717) is 6.54 Å². The standard InChI is InChI=1S/C12H15NO/c1-10(8-9-13-11(2)14)12-6-4-3-5-7-12/h3-8H,9H2,1-2H3,(H,13,14)/b10-8-. The van der Waals surface area contributed by atoms with E-state index in [2.05, 4.69) is 17.4 Å². The van der Waals surface area contributed by atoms with Crippen molar-refractivity contribution in [2.24, 2.45) is 0 Å². The van der Waals surface area contributed by atoms with Gasteiger partial charge in [0.05, 0.1) is 0 Å². The third kappa shape index (κ3) is 3.44. The Labute approximate surface area is 84.6 Å². The molecule has 0 aliphatic carbocycles. The van der Waals surface area contributed by atoms with Crippen LogP contribution in [-0.2, 0) is 4.79 Å². The Morgan fingerprint density at radius 2 is 1.93 bits per heavy atom. The van der Waals surface area contributed by atoms with E-state index < -0.39 is 0 Å². The summed E-state index contributed by atoms with van der Waals surface area (Å²) >= 11 is 0. The van der Waals surface area contributed by atoms with Gasteiger partial charge >= 0.3 is 0 Å². The van der Waals surface area contributed by atoms with E-state index in [9.17, 15) is 4.79 Å². The van der Waals surface area contributed by atoms with Crippen LogP contribution in [0.2, 0.25) is 0 Å². The topological polar surface area (TPSA) is 29.1 Å². The maximum absolute atomic E-state index is 10.6. The first-order chi connectivity index (χ1) is 6.70. The molecule has 2 heteroatoms. The Bertz CT molecular complexity index is 327. The summed E-state index contributed by atoms with van der Waals surface area (Å²) < 4.78 is 0. The Hall–Kier alpha value is -1.57. The molecule has 1 N–H and O–H groups in total. The highest BCUT2D eigenvalue weighted by Gasteiger charge is 1.93. The van der Waals surface area contributed by atoms with Gasteiger partial charge < -0.3 is 5.32 Å². The molecule has 14 heavy (non-hydrogen) atoms. The first-order valence-corrected chi connectivity index (χ1v) is 4.67. The lowest BCUT2D eigenvalue weighted by molar-refractivity contribution is -0.118. The Morgan fingerprint density at radius 1 is 1.29 bits per heavy atom. The second kappa shape index (κ2) is 5.22. The molecule has 0 aliphatic heterocycles. The minimum absolute atomic E-state index is 0.00196. The molecule has 0 atom stereocenters. The highest BCUT2D eigenvalue weighted by molar-refractivity contribution is 5.73. The molecule has 1 aromatic carbocycles. The number of amides is 1. The molecule has 0 bridgehead atoms. The lowest BCUT2D eigenvalue weighted by atomic mass is 10.1. The van der Waals surface area contributed by atoms with Gasteiger partial charge in [-0.05, 0) is 18.1 Å². The molecule has 0 saturated heterocycles. The van der Waals surface area contributed by atoms with E-state index in [1.807, 2.05) is 31.2 Å². The van der Waals surface area contributed by atoms with Gasteiger partial charge in [0.2, 0.25) is 5.91 Å². The molecule has 0 spiro atoms. The van der Waals surface area contributed by atoms with Gasteiger partial charge in [0.25, 0.3) is 0 Å². The molecular weight excluding hydrogens is 174 g/mol. The number of hydrogen-bond acceptors (Lipinski definition) is 1. The second-order valence-corrected chi connectivity index (χ2v) is 3.19. The summed E-state index contributed by atoms with van der Waals surface area (Å²) in [6.07, 6.45) is 2.01. The van der Waals surface area contributed by atoms with Crippen molar-refractivity contribution in [2.75, 3.05) is 6.54 Å². The number of nitrogens with one attached hydrogen (secondary N) is 1. The van der Waals surface area contributed by atoms with Crippen molar-refractivity contribution >= 4 is 11.5 Å². The third-order valence-electron chi connectivity index (χ3n) is 1.99. The highest BCUT2D eigenvalue weighted by Crippen LogP contribution is 2.11. The molecule has 0 radical (unpaired) electrons. The molecule has 1 rings (SSSR count). The zero-order valence-corrected chi connectivity index (χ0v) is 8.58. The van der Waals surface area contributed by atoms with E-state index >= 15 is 0 Å².